The predicted molar refractivity (Wildman–Crippen MR) is 66.5 cm³/mol. The smallest absolute Gasteiger partial charge is 0.0785 e. The molecule has 15 heavy (non-hydrogen) atoms. The SMILES string of the molecule is Cc1ccc(C)c(CC2(O)CCSC2)c1. The van der Waals surface area contributed by atoms with Crippen LogP contribution in [-0.4, -0.2) is 22.2 Å². The first kappa shape index (κ1) is 11.0. The molecule has 1 heterocycles. The zero-order valence-electron chi connectivity index (χ0n) is 9.42. The van der Waals surface area contributed by atoms with Gasteiger partial charge in [0.05, 0.1) is 5.60 Å². The van der Waals surface area contributed by atoms with E-state index in [9.17, 15) is 5.11 Å². The van der Waals surface area contributed by atoms with E-state index >= 15 is 0 Å². The van der Waals surface area contributed by atoms with Crippen LogP contribution in [-0.2, 0) is 6.42 Å². The van der Waals surface area contributed by atoms with Crippen LogP contribution in [0.2, 0.25) is 0 Å². The number of aryl methyl sites for hydroxylation is 2. The minimum Gasteiger partial charge on any atom is -0.389 e. The van der Waals surface area contributed by atoms with Gasteiger partial charge in [-0.2, -0.15) is 11.8 Å². The van der Waals surface area contributed by atoms with Crippen LogP contribution in [0.4, 0.5) is 0 Å². The molecule has 0 bridgehead atoms. The first-order valence-electron chi connectivity index (χ1n) is 5.45. The van der Waals surface area contributed by atoms with E-state index in [1.165, 1.54) is 16.7 Å². The summed E-state index contributed by atoms with van der Waals surface area (Å²) in [6.07, 6.45) is 1.75. The zero-order chi connectivity index (χ0) is 10.9. The minimum absolute atomic E-state index is 0.455. The van der Waals surface area contributed by atoms with E-state index < -0.39 is 5.60 Å². The fraction of sp³-hybridized carbons (Fsp3) is 0.538. The topological polar surface area (TPSA) is 20.2 Å². The molecule has 1 nitrogen and oxygen atoms in total. The maximum atomic E-state index is 10.3. The van der Waals surface area contributed by atoms with Crippen molar-refractivity contribution in [1.29, 1.82) is 0 Å². The van der Waals surface area contributed by atoms with Gasteiger partial charge in [-0.3, -0.25) is 0 Å². The fourth-order valence-electron chi connectivity index (χ4n) is 2.08. The van der Waals surface area contributed by atoms with Crippen LogP contribution in [0.5, 0.6) is 0 Å². The first-order valence-corrected chi connectivity index (χ1v) is 6.61. The second-order valence-electron chi connectivity index (χ2n) is 4.63. The molecule has 0 saturated carbocycles. The number of rotatable bonds is 2. The summed E-state index contributed by atoms with van der Waals surface area (Å²) in [7, 11) is 0. The Kier molecular flexibility index (Phi) is 3.08. The molecular weight excluding hydrogens is 204 g/mol. The van der Waals surface area contributed by atoms with Crippen LogP contribution in [0.15, 0.2) is 18.2 Å². The second-order valence-corrected chi connectivity index (χ2v) is 5.74. The summed E-state index contributed by atoms with van der Waals surface area (Å²) in [6.45, 7) is 4.23. The Balaban J connectivity index is 2.19. The van der Waals surface area contributed by atoms with E-state index in [1.807, 2.05) is 11.8 Å². The van der Waals surface area contributed by atoms with Crippen molar-refractivity contribution in [3.05, 3.63) is 34.9 Å². The average molecular weight is 222 g/mol. The zero-order valence-corrected chi connectivity index (χ0v) is 10.2. The molecule has 1 saturated heterocycles. The van der Waals surface area contributed by atoms with Gasteiger partial charge in [0.2, 0.25) is 0 Å². The highest BCUT2D eigenvalue weighted by molar-refractivity contribution is 7.99. The van der Waals surface area contributed by atoms with Gasteiger partial charge in [0.1, 0.15) is 0 Å². The Bertz CT molecular complexity index is 354. The Morgan fingerprint density at radius 3 is 2.87 bits per heavy atom. The summed E-state index contributed by atoms with van der Waals surface area (Å²) in [6, 6.07) is 6.48. The van der Waals surface area contributed by atoms with E-state index in [0.717, 1.165) is 24.3 Å². The van der Waals surface area contributed by atoms with Crippen LogP contribution in [0.25, 0.3) is 0 Å². The molecule has 1 fully saturated rings. The van der Waals surface area contributed by atoms with Crippen molar-refractivity contribution in [3.63, 3.8) is 0 Å². The van der Waals surface area contributed by atoms with Crippen molar-refractivity contribution in [2.75, 3.05) is 11.5 Å². The highest BCUT2D eigenvalue weighted by Crippen LogP contribution is 2.31. The van der Waals surface area contributed by atoms with Crippen molar-refractivity contribution < 1.29 is 5.11 Å². The summed E-state index contributed by atoms with van der Waals surface area (Å²) >= 11 is 1.86. The van der Waals surface area contributed by atoms with Crippen molar-refractivity contribution in [2.45, 2.75) is 32.3 Å². The molecule has 2 rings (SSSR count). The molecule has 0 aliphatic carbocycles. The monoisotopic (exact) mass is 222 g/mol. The Hall–Kier alpha value is -0.470. The lowest BCUT2D eigenvalue weighted by atomic mass is 9.91. The van der Waals surface area contributed by atoms with Crippen molar-refractivity contribution >= 4 is 11.8 Å². The maximum absolute atomic E-state index is 10.3. The first-order chi connectivity index (χ1) is 7.09. The number of hydrogen-bond acceptors (Lipinski definition) is 2. The van der Waals surface area contributed by atoms with Crippen LogP contribution in [0, 0.1) is 13.8 Å². The Labute approximate surface area is 95.9 Å². The lowest BCUT2D eigenvalue weighted by molar-refractivity contribution is 0.0685. The molecule has 82 valence electrons. The van der Waals surface area contributed by atoms with E-state index in [2.05, 4.69) is 32.0 Å². The molecule has 1 aromatic carbocycles. The quantitative estimate of drug-likeness (QED) is 0.830. The second kappa shape index (κ2) is 4.18. The predicted octanol–water partition coefficient (Wildman–Crippen LogP) is 2.71. The van der Waals surface area contributed by atoms with Gasteiger partial charge in [0.15, 0.2) is 0 Å². The molecule has 2 heteroatoms. The molecule has 0 aromatic heterocycles. The molecule has 0 spiro atoms. The lowest BCUT2D eigenvalue weighted by Crippen LogP contribution is -2.31. The highest BCUT2D eigenvalue weighted by atomic mass is 32.2. The van der Waals surface area contributed by atoms with Crippen LogP contribution in [0.1, 0.15) is 23.1 Å². The third-order valence-corrected chi connectivity index (χ3v) is 4.34. The summed E-state index contributed by atoms with van der Waals surface area (Å²) < 4.78 is 0. The molecule has 0 radical (unpaired) electrons. The minimum atomic E-state index is -0.455. The number of aliphatic hydroxyl groups is 1. The lowest BCUT2D eigenvalue weighted by Gasteiger charge is -2.22. The molecule has 1 aliphatic rings. The van der Waals surface area contributed by atoms with Crippen LogP contribution >= 0.6 is 11.8 Å². The van der Waals surface area contributed by atoms with Gasteiger partial charge in [-0.15, -0.1) is 0 Å². The normalized spacial score (nSPS) is 25.8. The van der Waals surface area contributed by atoms with Gasteiger partial charge in [-0.25, -0.2) is 0 Å². The molecule has 1 aromatic rings. The number of thioether (sulfide) groups is 1. The molecule has 1 unspecified atom stereocenters. The van der Waals surface area contributed by atoms with Gasteiger partial charge < -0.3 is 5.11 Å². The Morgan fingerprint density at radius 1 is 1.40 bits per heavy atom. The molecule has 1 atom stereocenters. The summed E-state index contributed by atoms with van der Waals surface area (Å²) in [5.41, 5.74) is 3.43. The van der Waals surface area contributed by atoms with Gasteiger partial charge in [0, 0.05) is 12.2 Å². The number of hydrogen-bond donors (Lipinski definition) is 1. The van der Waals surface area contributed by atoms with Crippen LogP contribution < -0.4 is 0 Å². The molecule has 1 aliphatic heterocycles. The molecule has 0 amide bonds. The summed E-state index contributed by atoms with van der Waals surface area (Å²) in [4.78, 5) is 0. The average Bonchev–Trinajstić information content (AvgIpc) is 2.59. The van der Waals surface area contributed by atoms with E-state index in [4.69, 9.17) is 0 Å². The largest absolute Gasteiger partial charge is 0.389 e. The van der Waals surface area contributed by atoms with Crippen molar-refractivity contribution in [3.8, 4) is 0 Å². The van der Waals surface area contributed by atoms with E-state index in [0.29, 0.717) is 0 Å². The third-order valence-electron chi connectivity index (χ3n) is 3.11. The van der Waals surface area contributed by atoms with E-state index in [-0.39, 0.29) is 0 Å². The van der Waals surface area contributed by atoms with Gasteiger partial charge in [-0.05, 0) is 37.1 Å². The van der Waals surface area contributed by atoms with Crippen molar-refractivity contribution in [2.24, 2.45) is 0 Å². The Morgan fingerprint density at radius 2 is 2.20 bits per heavy atom. The van der Waals surface area contributed by atoms with Gasteiger partial charge in [-0.1, -0.05) is 23.8 Å². The van der Waals surface area contributed by atoms with E-state index in [1.54, 1.807) is 0 Å². The summed E-state index contributed by atoms with van der Waals surface area (Å²) in [5.74, 6) is 1.99. The third kappa shape index (κ3) is 2.56. The molecule has 1 N–H and O–H groups in total. The number of benzene rings is 1. The maximum Gasteiger partial charge on any atom is 0.0785 e. The summed E-state index contributed by atoms with van der Waals surface area (Å²) in [5, 5.41) is 10.3. The fourth-order valence-corrected chi connectivity index (χ4v) is 3.38. The highest BCUT2D eigenvalue weighted by Gasteiger charge is 2.32. The van der Waals surface area contributed by atoms with Gasteiger partial charge in [0.25, 0.3) is 0 Å². The standard InChI is InChI=1S/C13H18OS/c1-10-3-4-11(2)12(7-10)8-13(14)5-6-15-9-13/h3-4,7,14H,5-6,8-9H2,1-2H3. The van der Waals surface area contributed by atoms with Gasteiger partial charge >= 0.3 is 0 Å². The van der Waals surface area contributed by atoms with Crippen LogP contribution in [0.3, 0.4) is 0 Å². The molecular formula is C13H18OS. The van der Waals surface area contributed by atoms with Crippen molar-refractivity contribution in [1.82, 2.24) is 0 Å².